The van der Waals surface area contributed by atoms with E-state index in [2.05, 4.69) is 0 Å². The molecular formula is C6H11NO3. The van der Waals surface area contributed by atoms with Crippen LogP contribution >= 0.6 is 0 Å². The van der Waals surface area contributed by atoms with Crippen LogP contribution in [0.4, 0.5) is 0 Å². The number of aliphatic carboxylic acids is 1. The average Bonchev–Trinajstić information content (AvgIpc) is 2.15. The van der Waals surface area contributed by atoms with Crippen molar-refractivity contribution in [2.24, 2.45) is 5.73 Å². The Kier molecular flexibility index (Phi) is 1.66. The second-order valence-corrected chi connectivity index (χ2v) is 2.75. The van der Waals surface area contributed by atoms with E-state index in [1.807, 2.05) is 0 Å². The number of hydrogen-bond acceptors (Lipinski definition) is 3. The van der Waals surface area contributed by atoms with Crippen molar-refractivity contribution >= 4 is 5.97 Å². The Labute approximate surface area is 58.6 Å². The number of carboxylic acids is 1. The van der Waals surface area contributed by atoms with Crippen LogP contribution in [0.15, 0.2) is 0 Å². The first kappa shape index (κ1) is 7.50. The molecule has 0 aliphatic heterocycles. The average molecular weight is 145 g/mol. The van der Waals surface area contributed by atoms with Crippen LogP contribution in [-0.4, -0.2) is 27.8 Å². The van der Waals surface area contributed by atoms with Gasteiger partial charge < -0.3 is 15.9 Å². The van der Waals surface area contributed by atoms with E-state index in [9.17, 15) is 4.79 Å². The third kappa shape index (κ3) is 0.892. The third-order valence-corrected chi connectivity index (χ3v) is 2.06. The summed E-state index contributed by atoms with van der Waals surface area (Å²) >= 11 is 0. The van der Waals surface area contributed by atoms with Crippen LogP contribution in [-0.2, 0) is 4.79 Å². The highest BCUT2D eigenvalue weighted by Gasteiger charge is 2.45. The molecule has 1 aliphatic carbocycles. The summed E-state index contributed by atoms with van der Waals surface area (Å²) in [7, 11) is 0. The predicted molar refractivity (Wildman–Crippen MR) is 34.4 cm³/mol. The number of rotatable bonds is 1. The highest BCUT2D eigenvalue weighted by atomic mass is 16.4. The standard InChI is InChI=1S/C6H11NO3/c7-6(5(9)10)3-1-2-4(6)8/h4,8H,1-3,7H2,(H,9,10)/t4?,6-/m0/s1. The monoisotopic (exact) mass is 145 g/mol. The van der Waals surface area contributed by atoms with Crippen LogP contribution in [0.2, 0.25) is 0 Å². The van der Waals surface area contributed by atoms with Gasteiger partial charge in [-0.15, -0.1) is 0 Å². The maximum atomic E-state index is 10.4. The zero-order valence-electron chi connectivity index (χ0n) is 5.58. The topological polar surface area (TPSA) is 83.6 Å². The van der Waals surface area contributed by atoms with Gasteiger partial charge in [0.1, 0.15) is 5.54 Å². The molecule has 0 saturated heterocycles. The van der Waals surface area contributed by atoms with Gasteiger partial charge in [-0.1, -0.05) is 0 Å². The molecule has 1 rings (SSSR count). The summed E-state index contributed by atoms with van der Waals surface area (Å²) in [5.41, 5.74) is 4.02. The second kappa shape index (κ2) is 2.21. The van der Waals surface area contributed by atoms with Crippen molar-refractivity contribution in [3.63, 3.8) is 0 Å². The smallest absolute Gasteiger partial charge is 0.326 e. The van der Waals surface area contributed by atoms with E-state index >= 15 is 0 Å². The maximum Gasteiger partial charge on any atom is 0.326 e. The zero-order chi connectivity index (χ0) is 7.78. The fourth-order valence-corrected chi connectivity index (χ4v) is 1.26. The lowest BCUT2D eigenvalue weighted by Crippen LogP contribution is -2.53. The van der Waals surface area contributed by atoms with Gasteiger partial charge in [0, 0.05) is 0 Å². The zero-order valence-corrected chi connectivity index (χ0v) is 5.58. The fraction of sp³-hybridized carbons (Fsp3) is 0.833. The normalized spacial score (nSPS) is 40.0. The lowest BCUT2D eigenvalue weighted by atomic mass is 9.97. The van der Waals surface area contributed by atoms with Crippen molar-refractivity contribution in [1.29, 1.82) is 0 Å². The van der Waals surface area contributed by atoms with Crippen LogP contribution in [0.1, 0.15) is 19.3 Å². The van der Waals surface area contributed by atoms with Gasteiger partial charge in [0.15, 0.2) is 0 Å². The summed E-state index contributed by atoms with van der Waals surface area (Å²) in [4.78, 5) is 10.4. The summed E-state index contributed by atoms with van der Waals surface area (Å²) in [6.45, 7) is 0. The van der Waals surface area contributed by atoms with Crippen molar-refractivity contribution in [3.05, 3.63) is 0 Å². The molecule has 1 unspecified atom stereocenters. The molecule has 2 atom stereocenters. The third-order valence-electron chi connectivity index (χ3n) is 2.06. The quantitative estimate of drug-likeness (QED) is 0.456. The van der Waals surface area contributed by atoms with E-state index in [1.165, 1.54) is 0 Å². The van der Waals surface area contributed by atoms with E-state index in [0.717, 1.165) is 0 Å². The summed E-state index contributed by atoms with van der Waals surface area (Å²) in [5, 5.41) is 17.7. The van der Waals surface area contributed by atoms with Gasteiger partial charge >= 0.3 is 5.97 Å². The lowest BCUT2D eigenvalue weighted by molar-refractivity contribution is -0.146. The van der Waals surface area contributed by atoms with Gasteiger partial charge in [-0.05, 0) is 19.3 Å². The minimum absolute atomic E-state index is 0.378. The first-order chi connectivity index (χ1) is 4.57. The van der Waals surface area contributed by atoms with Gasteiger partial charge in [0.25, 0.3) is 0 Å². The SMILES string of the molecule is N[C@@]1(C(=O)O)CCCC1O. The van der Waals surface area contributed by atoms with Gasteiger partial charge in [0.05, 0.1) is 6.10 Å². The van der Waals surface area contributed by atoms with Crippen LogP contribution < -0.4 is 5.73 Å². The van der Waals surface area contributed by atoms with Crippen molar-refractivity contribution in [2.45, 2.75) is 30.9 Å². The molecule has 1 aliphatic rings. The molecule has 0 bridgehead atoms. The number of hydrogen-bond donors (Lipinski definition) is 3. The van der Waals surface area contributed by atoms with Crippen LogP contribution in [0.25, 0.3) is 0 Å². The molecule has 0 heterocycles. The lowest BCUT2D eigenvalue weighted by Gasteiger charge is -2.21. The highest BCUT2D eigenvalue weighted by Crippen LogP contribution is 2.27. The van der Waals surface area contributed by atoms with E-state index in [4.69, 9.17) is 15.9 Å². The Morgan fingerprint density at radius 2 is 2.30 bits per heavy atom. The highest BCUT2D eigenvalue weighted by molar-refractivity contribution is 5.79. The van der Waals surface area contributed by atoms with Gasteiger partial charge in [-0.25, -0.2) is 0 Å². The van der Waals surface area contributed by atoms with E-state index in [1.54, 1.807) is 0 Å². The number of aliphatic hydroxyl groups is 1. The Hall–Kier alpha value is -0.610. The first-order valence-electron chi connectivity index (χ1n) is 3.28. The molecular weight excluding hydrogens is 134 g/mol. The maximum absolute atomic E-state index is 10.4. The summed E-state index contributed by atoms with van der Waals surface area (Å²) in [6, 6.07) is 0. The molecule has 4 heteroatoms. The largest absolute Gasteiger partial charge is 0.480 e. The van der Waals surface area contributed by atoms with E-state index in [0.29, 0.717) is 19.3 Å². The molecule has 1 saturated carbocycles. The molecule has 0 aromatic rings. The minimum atomic E-state index is -1.38. The van der Waals surface area contributed by atoms with Crippen molar-refractivity contribution in [2.75, 3.05) is 0 Å². The summed E-state index contributed by atoms with van der Waals surface area (Å²) in [5.74, 6) is -1.10. The van der Waals surface area contributed by atoms with E-state index in [-0.39, 0.29) is 0 Å². The number of aliphatic hydroxyl groups excluding tert-OH is 1. The Morgan fingerprint density at radius 3 is 2.50 bits per heavy atom. The van der Waals surface area contributed by atoms with Gasteiger partial charge in [0.2, 0.25) is 0 Å². The molecule has 4 nitrogen and oxygen atoms in total. The molecule has 10 heavy (non-hydrogen) atoms. The van der Waals surface area contributed by atoms with Crippen molar-refractivity contribution in [1.82, 2.24) is 0 Å². The van der Waals surface area contributed by atoms with Crippen molar-refractivity contribution in [3.8, 4) is 0 Å². The molecule has 0 aromatic carbocycles. The van der Waals surface area contributed by atoms with Crippen LogP contribution in [0.5, 0.6) is 0 Å². The molecule has 0 amide bonds. The molecule has 0 aromatic heterocycles. The number of carbonyl (C=O) groups is 1. The minimum Gasteiger partial charge on any atom is -0.480 e. The molecule has 0 radical (unpaired) electrons. The van der Waals surface area contributed by atoms with Gasteiger partial charge in [-0.3, -0.25) is 4.79 Å². The predicted octanol–water partition coefficient (Wildman–Crippen LogP) is -0.687. The van der Waals surface area contributed by atoms with Gasteiger partial charge in [-0.2, -0.15) is 0 Å². The molecule has 1 fully saturated rings. The van der Waals surface area contributed by atoms with Crippen LogP contribution in [0, 0.1) is 0 Å². The van der Waals surface area contributed by atoms with E-state index < -0.39 is 17.6 Å². The number of nitrogens with two attached hydrogens (primary N) is 1. The Morgan fingerprint density at radius 1 is 1.70 bits per heavy atom. The Balaban J connectivity index is 2.75. The summed E-state index contributed by atoms with van der Waals surface area (Å²) < 4.78 is 0. The molecule has 58 valence electrons. The van der Waals surface area contributed by atoms with Crippen LogP contribution in [0.3, 0.4) is 0 Å². The molecule has 4 N–H and O–H groups in total. The summed E-state index contributed by atoms with van der Waals surface area (Å²) in [6.07, 6.45) is 0.709. The number of carboxylic acid groups (broad SMARTS) is 1. The fourth-order valence-electron chi connectivity index (χ4n) is 1.26. The Bertz CT molecular complexity index is 159. The second-order valence-electron chi connectivity index (χ2n) is 2.75. The molecule has 0 spiro atoms. The first-order valence-corrected chi connectivity index (χ1v) is 3.28. The van der Waals surface area contributed by atoms with Crippen molar-refractivity contribution < 1.29 is 15.0 Å².